The number of hydrogen-bond donors (Lipinski definition) is 1. The molecular formula is C37H43FN4O5. The van der Waals surface area contributed by atoms with Crippen molar-refractivity contribution in [2.24, 2.45) is 0 Å². The summed E-state index contributed by atoms with van der Waals surface area (Å²) in [6.07, 6.45) is 3.84. The SMILES string of the molecule is Cc1cc2c(cc1F)-c1cccc(c1)-c1cc3nc(C)c([C@H](OC(C)(C)C)C(=O)O)c(n3n1)N1CCC(C)(CC1)OC/C=C/[C@H](C)O2. The summed E-state index contributed by atoms with van der Waals surface area (Å²) in [4.78, 5) is 19.8. The largest absolute Gasteiger partial charge is 0.486 e. The summed E-state index contributed by atoms with van der Waals surface area (Å²) in [6.45, 7) is 14.8. The van der Waals surface area contributed by atoms with Gasteiger partial charge in [-0.15, -0.1) is 0 Å². The van der Waals surface area contributed by atoms with Crippen LogP contribution >= 0.6 is 0 Å². The van der Waals surface area contributed by atoms with Crippen LogP contribution in [0, 0.1) is 19.7 Å². The third-order valence-corrected chi connectivity index (χ3v) is 8.86. The molecule has 5 heterocycles. The fourth-order valence-electron chi connectivity index (χ4n) is 6.35. The van der Waals surface area contributed by atoms with E-state index < -0.39 is 17.7 Å². The van der Waals surface area contributed by atoms with Crippen molar-refractivity contribution in [2.45, 2.75) is 84.7 Å². The van der Waals surface area contributed by atoms with E-state index >= 15 is 0 Å². The molecule has 7 rings (SSSR count). The Morgan fingerprint density at radius 2 is 1.85 bits per heavy atom. The summed E-state index contributed by atoms with van der Waals surface area (Å²) in [7, 11) is 0. The molecule has 9 nitrogen and oxygen atoms in total. The fourth-order valence-corrected chi connectivity index (χ4v) is 6.35. The van der Waals surface area contributed by atoms with Crippen LogP contribution in [-0.2, 0) is 14.3 Å². The molecule has 6 bridgehead atoms. The van der Waals surface area contributed by atoms with E-state index in [0.717, 1.165) is 24.0 Å². The van der Waals surface area contributed by atoms with Gasteiger partial charge in [0.15, 0.2) is 11.8 Å². The summed E-state index contributed by atoms with van der Waals surface area (Å²) >= 11 is 0. The summed E-state index contributed by atoms with van der Waals surface area (Å²) < 4.78 is 35.6. The van der Waals surface area contributed by atoms with E-state index in [2.05, 4.69) is 11.8 Å². The molecule has 1 fully saturated rings. The van der Waals surface area contributed by atoms with Gasteiger partial charge in [-0.3, -0.25) is 0 Å². The van der Waals surface area contributed by atoms with Crippen LogP contribution in [0.2, 0.25) is 0 Å². The van der Waals surface area contributed by atoms with Crippen molar-refractivity contribution in [2.75, 3.05) is 24.6 Å². The Kier molecular flexibility index (Phi) is 8.61. The predicted molar refractivity (Wildman–Crippen MR) is 180 cm³/mol. The highest BCUT2D eigenvalue weighted by atomic mass is 19.1. The topological polar surface area (TPSA) is 98.4 Å². The lowest BCUT2D eigenvalue weighted by molar-refractivity contribution is -0.160. The number of rotatable bonds is 3. The van der Waals surface area contributed by atoms with E-state index in [1.54, 1.807) is 17.5 Å². The van der Waals surface area contributed by atoms with Crippen LogP contribution in [0.1, 0.15) is 70.4 Å². The molecule has 3 aliphatic rings. The number of benzene rings is 2. The molecule has 2 aromatic heterocycles. The quantitative estimate of drug-likeness (QED) is 0.230. The first-order valence-corrected chi connectivity index (χ1v) is 16.2. The third kappa shape index (κ3) is 6.75. The van der Waals surface area contributed by atoms with Crippen molar-refractivity contribution in [1.29, 1.82) is 0 Å². The van der Waals surface area contributed by atoms with Crippen LogP contribution in [0.3, 0.4) is 0 Å². The predicted octanol–water partition coefficient (Wildman–Crippen LogP) is 7.47. The number of aromatic nitrogens is 3. The van der Waals surface area contributed by atoms with E-state index in [9.17, 15) is 14.3 Å². The van der Waals surface area contributed by atoms with E-state index in [1.165, 1.54) is 6.07 Å². The minimum Gasteiger partial charge on any atom is -0.486 e. The standard InChI is InChI=1S/C37H43FN4O5/c1-22-18-30-27(20-28(22)38)25-11-8-12-26(19-25)29-21-31-39-24(3)32(33(35(43)44)47-36(4,5)6)34(42(31)40-29)41-15-13-37(7,14-16-41)45-17-9-10-23(2)46-30/h8-12,18-21,23,33H,13-17H2,1-7H3,(H,43,44)/b10-9+/t23-,33-/m0/s1. The molecule has 248 valence electrons. The highest BCUT2D eigenvalue weighted by Gasteiger charge is 2.37. The van der Waals surface area contributed by atoms with Gasteiger partial charge >= 0.3 is 5.97 Å². The molecule has 0 spiro atoms. The number of nitrogens with zero attached hydrogens (tertiary/aromatic N) is 4. The number of aliphatic carboxylic acids is 1. The molecule has 2 aromatic carbocycles. The monoisotopic (exact) mass is 642 g/mol. The molecule has 0 saturated carbocycles. The second-order valence-corrected chi connectivity index (χ2v) is 13.9. The number of ether oxygens (including phenoxy) is 3. The zero-order valence-corrected chi connectivity index (χ0v) is 28.1. The number of fused-ring (bicyclic) bond motifs is 6. The van der Waals surface area contributed by atoms with Gasteiger partial charge in [0.1, 0.15) is 23.5 Å². The van der Waals surface area contributed by atoms with Crippen LogP contribution in [0.25, 0.3) is 28.0 Å². The molecular weight excluding hydrogens is 599 g/mol. The molecule has 0 unspecified atom stereocenters. The molecule has 3 aliphatic heterocycles. The molecule has 1 N–H and O–H groups in total. The van der Waals surface area contributed by atoms with Gasteiger partial charge in [0.25, 0.3) is 0 Å². The van der Waals surface area contributed by atoms with Crippen LogP contribution in [-0.4, -0.2) is 62.7 Å². The highest BCUT2D eigenvalue weighted by molar-refractivity contribution is 5.80. The summed E-state index contributed by atoms with van der Waals surface area (Å²) in [5.41, 5.74) is 3.88. The van der Waals surface area contributed by atoms with Gasteiger partial charge in [-0.25, -0.2) is 14.2 Å². The maximum Gasteiger partial charge on any atom is 0.337 e. The molecule has 10 heteroatoms. The van der Waals surface area contributed by atoms with Gasteiger partial charge in [-0.2, -0.15) is 9.61 Å². The molecule has 0 radical (unpaired) electrons. The second kappa shape index (κ2) is 12.4. The number of carboxylic acid groups (broad SMARTS) is 1. The van der Waals surface area contributed by atoms with Crippen molar-refractivity contribution in [1.82, 2.24) is 14.6 Å². The third-order valence-electron chi connectivity index (χ3n) is 8.86. The summed E-state index contributed by atoms with van der Waals surface area (Å²) in [6, 6.07) is 12.9. The maximum absolute atomic E-state index is 15.0. The molecule has 1 saturated heterocycles. The Balaban J connectivity index is 1.57. The molecule has 0 amide bonds. The van der Waals surface area contributed by atoms with Gasteiger partial charge < -0.3 is 24.2 Å². The van der Waals surface area contributed by atoms with Crippen molar-refractivity contribution < 1.29 is 28.5 Å². The molecule has 4 aromatic rings. The Labute approximate surface area is 275 Å². The Bertz CT molecular complexity index is 1850. The van der Waals surface area contributed by atoms with Crippen molar-refractivity contribution >= 4 is 17.4 Å². The van der Waals surface area contributed by atoms with Gasteiger partial charge in [-0.05, 0) is 96.7 Å². The Hall–Kier alpha value is -4.28. The smallest absolute Gasteiger partial charge is 0.337 e. The van der Waals surface area contributed by atoms with Crippen molar-refractivity contribution in [3.05, 3.63) is 77.3 Å². The van der Waals surface area contributed by atoms with Gasteiger partial charge in [0.05, 0.1) is 29.1 Å². The summed E-state index contributed by atoms with van der Waals surface area (Å²) in [5, 5.41) is 15.5. The van der Waals surface area contributed by atoms with Crippen LogP contribution < -0.4 is 9.64 Å². The van der Waals surface area contributed by atoms with Crippen LogP contribution in [0.4, 0.5) is 10.2 Å². The normalized spacial score (nSPS) is 21.4. The zero-order chi connectivity index (χ0) is 33.7. The average Bonchev–Trinajstić information content (AvgIpc) is 3.43. The van der Waals surface area contributed by atoms with Gasteiger partial charge in [0.2, 0.25) is 0 Å². The summed E-state index contributed by atoms with van der Waals surface area (Å²) in [5.74, 6) is -0.184. The van der Waals surface area contributed by atoms with E-state index in [1.807, 2.05) is 77.1 Å². The van der Waals surface area contributed by atoms with E-state index in [-0.39, 0.29) is 17.5 Å². The lowest BCUT2D eigenvalue weighted by atomic mass is 9.92. The number of halogens is 1. The van der Waals surface area contributed by atoms with Gasteiger partial charge in [0, 0.05) is 36.0 Å². The molecule has 0 aliphatic carbocycles. The minimum atomic E-state index is -1.26. The second-order valence-electron chi connectivity index (χ2n) is 13.9. The number of aryl methyl sites for hydroxylation is 2. The first kappa shape index (κ1) is 32.7. The van der Waals surface area contributed by atoms with E-state index in [4.69, 9.17) is 24.3 Å². The minimum absolute atomic E-state index is 0.275. The number of hydrogen-bond acceptors (Lipinski definition) is 7. The number of carbonyl (C=O) groups is 1. The highest BCUT2D eigenvalue weighted by Crippen LogP contribution is 2.39. The lowest BCUT2D eigenvalue weighted by Gasteiger charge is -2.41. The van der Waals surface area contributed by atoms with Gasteiger partial charge in [-0.1, -0.05) is 24.3 Å². The van der Waals surface area contributed by atoms with E-state index in [0.29, 0.717) is 65.0 Å². The lowest BCUT2D eigenvalue weighted by Crippen LogP contribution is -2.45. The maximum atomic E-state index is 15.0. The van der Waals surface area contributed by atoms with Crippen LogP contribution in [0.5, 0.6) is 5.75 Å². The van der Waals surface area contributed by atoms with Crippen LogP contribution in [0.15, 0.2) is 54.6 Å². The molecule has 47 heavy (non-hydrogen) atoms. The number of piperidine rings is 1. The molecule has 2 atom stereocenters. The average molecular weight is 643 g/mol. The van der Waals surface area contributed by atoms with Crippen molar-refractivity contribution in [3.8, 4) is 28.1 Å². The first-order chi connectivity index (χ1) is 22.2. The van der Waals surface area contributed by atoms with Crippen molar-refractivity contribution in [3.63, 3.8) is 0 Å². The Morgan fingerprint density at radius 1 is 1.13 bits per heavy atom. The fraction of sp³-hybridized carbons (Fsp3) is 0.432. The number of anilines is 1. The first-order valence-electron chi connectivity index (χ1n) is 16.2. The zero-order valence-electron chi connectivity index (χ0n) is 28.1. The Morgan fingerprint density at radius 3 is 2.55 bits per heavy atom. The number of carboxylic acids is 1.